The van der Waals surface area contributed by atoms with E-state index in [4.69, 9.17) is 5.73 Å². The summed E-state index contributed by atoms with van der Waals surface area (Å²) in [7, 11) is 0. The van der Waals surface area contributed by atoms with Crippen molar-refractivity contribution in [3.8, 4) is 0 Å². The molecule has 1 atom stereocenters. The van der Waals surface area contributed by atoms with E-state index in [1.54, 1.807) is 0 Å². The van der Waals surface area contributed by atoms with Gasteiger partial charge in [-0.3, -0.25) is 4.79 Å². The summed E-state index contributed by atoms with van der Waals surface area (Å²) in [4.78, 5) is 13.8. The lowest BCUT2D eigenvalue weighted by Gasteiger charge is -2.22. The van der Waals surface area contributed by atoms with Crippen molar-refractivity contribution in [3.63, 3.8) is 0 Å². The lowest BCUT2D eigenvalue weighted by atomic mass is 10.2. The molecule has 1 amide bonds. The standard InChI is InChI=1S/C11H22N2O/c1-3-8-13(10-5-6-10)11(14)7-4-9(2)12/h9-10H,3-8,12H2,1-2H3. The van der Waals surface area contributed by atoms with Gasteiger partial charge in [0.15, 0.2) is 0 Å². The van der Waals surface area contributed by atoms with Crippen molar-refractivity contribution in [3.05, 3.63) is 0 Å². The number of rotatable bonds is 6. The van der Waals surface area contributed by atoms with E-state index in [-0.39, 0.29) is 6.04 Å². The third-order valence-electron chi connectivity index (χ3n) is 2.59. The highest BCUT2D eigenvalue weighted by Gasteiger charge is 2.31. The minimum absolute atomic E-state index is 0.140. The number of carbonyl (C=O) groups is 1. The van der Waals surface area contributed by atoms with Crippen LogP contribution in [0.15, 0.2) is 0 Å². The summed E-state index contributed by atoms with van der Waals surface area (Å²) in [6.07, 6.45) is 4.88. The quantitative estimate of drug-likeness (QED) is 0.703. The van der Waals surface area contributed by atoms with Gasteiger partial charge >= 0.3 is 0 Å². The monoisotopic (exact) mass is 198 g/mol. The lowest BCUT2D eigenvalue weighted by Crippen LogP contribution is -2.34. The third kappa shape index (κ3) is 3.66. The van der Waals surface area contributed by atoms with Gasteiger partial charge in [-0.25, -0.2) is 0 Å². The predicted molar refractivity (Wildman–Crippen MR) is 57.9 cm³/mol. The van der Waals surface area contributed by atoms with Gasteiger partial charge in [0.1, 0.15) is 0 Å². The molecule has 2 N–H and O–H groups in total. The molecular weight excluding hydrogens is 176 g/mol. The summed E-state index contributed by atoms with van der Waals surface area (Å²) in [5.41, 5.74) is 5.64. The average Bonchev–Trinajstić information content (AvgIpc) is 2.93. The number of carbonyl (C=O) groups excluding carboxylic acids is 1. The first kappa shape index (κ1) is 11.5. The van der Waals surface area contributed by atoms with Crippen LogP contribution in [0.3, 0.4) is 0 Å². The van der Waals surface area contributed by atoms with Crippen molar-refractivity contribution in [2.45, 2.75) is 58.0 Å². The van der Waals surface area contributed by atoms with Gasteiger partial charge < -0.3 is 10.6 Å². The van der Waals surface area contributed by atoms with E-state index in [0.29, 0.717) is 18.4 Å². The molecule has 3 nitrogen and oxygen atoms in total. The van der Waals surface area contributed by atoms with Gasteiger partial charge in [0.05, 0.1) is 0 Å². The first-order chi connectivity index (χ1) is 6.65. The Kier molecular flexibility index (Phi) is 4.39. The van der Waals surface area contributed by atoms with Crippen molar-refractivity contribution in [2.75, 3.05) is 6.54 Å². The molecule has 82 valence electrons. The van der Waals surface area contributed by atoms with Gasteiger partial charge in [-0.2, -0.15) is 0 Å². The minimum Gasteiger partial charge on any atom is -0.340 e. The summed E-state index contributed by atoms with van der Waals surface area (Å²) in [6, 6.07) is 0.692. The number of hydrogen-bond donors (Lipinski definition) is 1. The third-order valence-corrected chi connectivity index (χ3v) is 2.59. The number of hydrogen-bond acceptors (Lipinski definition) is 2. The second-order valence-corrected chi connectivity index (χ2v) is 4.33. The van der Waals surface area contributed by atoms with E-state index in [1.165, 1.54) is 12.8 Å². The molecule has 1 aliphatic carbocycles. The second kappa shape index (κ2) is 5.35. The maximum Gasteiger partial charge on any atom is 0.222 e. The zero-order valence-electron chi connectivity index (χ0n) is 9.33. The Bertz CT molecular complexity index is 188. The molecule has 14 heavy (non-hydrogen) atoms. The van der Waals surface area contributed by atoms with Crippen LogP contribution in [0.25, 0.3) is 0 Å². The Morgan fingerprint density at radius 1 is 1.57 bits per heavy atom. The first-order valence-corrected chi connectivity index (χ1v) is 5.70. The molecular formula is C11H22N2O. The van der Waals surface area contributed by atoms with Crippen molar-refractivity contribution >= 4 is 5.91 Å². The Morgan fingerprint density at radius 2 is 2.21 bits per heavy atom. The topological polar surface area (TPSA) is 46.3 Å². The number of amides is 1. The fraction of sp³-hybridized carbons (Fsp3) is 0.909. The van der Waals surface area contributed by atoms with Crippen LogP contribution in [-0.2, 0) is 4.79 Å². The SMILES string of the molecule is CCCN(C(=O)CCC(C)N)C1CC1. The van der Waals surface area contributed by atoms with Crippen molar-refractivity contribution < 1.29 is 4.79 Å². The second-order valence-electron chi connectivity index (χ2n) is 4.33. The van der Waals surface area contributed by atoms with Gasteiger partial charge in [-0.1, -0.05) is 6.92 Å². The fourth-order valence-corrected chi connectivity index (χ4v) is 1.63. The van der Waals surface area contributed by atoms with Crippen LogP contribution in [0.5, 0.6) is 0 Å². The van der Waals surface area contributed by atoms with Crippen molar-refractivity contribution in [1.82, 2.24) is 4.90 Å². The van der Waals surface area contributed by atoms with E-state index in [1.807, 2.05) is 11.8 Å². The lowest BCUT2D eigenvalue weighted by molar-refractivity contribution is -0.132. The van der Waals surface area contributed by atoms with Crippen LogP contribution >= 0.6 is 0 Å². The molecule has 1 fully saturated rings. The van der Waals surface area contributed by atoms with E-state index in [9.17, 15) is 4.79 Å². The van der Waals surface area contributed by atoms with Crippen LogP contribution < -0.4 is 5.73 Å². The minimum atomic E-state index is 0.140. The van der Waals surface area contributed by atoms with Gasteiger partial charge in [0.25, 0.3) is 0 Å². The van der Waals surface area contributed by atoms with Gasteiger partial charge in [-0.15, -0.1) is 0 Å². The predicted octanol–water partition coefficient (Wildman–Crippen LogP) is 1.51. The van der Waals surface area contributed by atoms with E-state index in [2.05, 4.69) is 6.92 Å². The Balaban J connectivity index is 2.30. The zero-order valence-corrected chi connectivity index (χ0v) is 9.33. The molecule has 1 saturated carbocycles. The summed E-state index contributed by atoms with van der Waals surface area (Å²) in [5.74, 6) is 0.298. The van der Waals surface area contributed by atoms with Crippen LogP contribution in [0.4, 0.5) is 0 Å². The normalized spacial score (nSPS) is 17.9. The summed E-state index contributed by atoms with van der Waals surface area (Å²) >= 11 is 0. The molecule has 0 aromatic rings. The fourth-order valence-electron chi connectivity index (χ4n) is 1.63. The molecule has 3 heteroatoms. The molecule has 0 radical (unpaired) electrons. The van der Waals surface area contributed by atoms with E-state index < -0.39 is 0 Å². The van der Waals surface area contributed by atoms with Crippen LogP contribution in [0.2, 0.25) is 0 Å². The van der Waals surface area contributed by atoms with Gasteiger partial charge in [-0.05, 0) is 32.6 Å². The Hall–Kier alpha value is -0.570. The molecule has 1 rings (SSSR count). The highest BCUT2D eigenvalue weighted by atomic mass is 16.2. The van der Waals surface area contributed by atoms with Crippen molar-refractivity contribution in [1.29, 1.82) is 0 Å². The Labute approximate surface area is 86.6 Å². The number of nitrogens with zero attached hydrogens (tertiary/aromatic N) is 1. The highest BCUT2D eigenvalue weighted by Crippen LogP contribution is 2.27. The zero-order chi connectivity index (χ0) is 10.6. The molecule has 0 aromatic heterocycles. The Morgan fingerprint density at radius 3 is 2.64 bits per heavy atom. The summed E-state index contributed by atoms with van der Waals surface area (Å²) < 4.78 is 0. The molecule has 0 bridgehead atoms. The molecule has 1 unspecified atom stereocenters. The molecule has 0 saturated heterocycles. The average molecular weight is 198 g/mol. The van der Waals surface area contributed by atoms with Crippen LogP contribution in [0, 0.1) is 0 Å². The molecule has 0 aliphatic heterocycles. The van der Waals surface area contributed by atoms with Crippen LogP contribution in [0.1, 0.15) is 46.0 Å². The van der Waals surface area contributed by atoms with E-state index in [0.717, 1.165) is 19.4 Å². The molecule has 0 aromatic carbocycles. The molecule has 0 spiro atoms. The number of nitrogens with two attached hydrogens (primary N) is 1. The summed E-state index contributed by atoms with van der Waals surface area (Å²) in [6.45, 7) is 4.99. The molecule has 0 heterocycles. The van der Waals surface area contributed by atoms with Crippen molar-refractivity contribution in [2.24, 2.45) is 5.73 Å². The maximum atomic E-state index is 11.8. The van der Waals surface area contributed by atoms with Crippen LogP contribution in [-0.4, -0.2) is 29.4 Å². The van der Waals surface area contributed by atoms with Gasteiger partial charge in [0, 0.05) is 25.0 Å². The van der Waals surface area contributed by atoms with E-state index >= 15 is 0 Å². The first-order valence-electron chi connectivity index (χ1n) is 5.70. The van der Waals surface area contributed by atoms with Gasteiger partial charge in [0.2, 0.25) is 5.91 Å². The molecule has 1 aliphatic rings. The maximum absolute atomic E-state index is 11.8. The largest absolute Gasteiger partial charge is 0.340 e. The summed E-state index contributed by atoms with van der Waals surface area (Å²) in [5, 5.41) is 0. The highest BCUT2D eigenvalue weighted by molar-refractivity contribution is 5.76. The smallest absolute Gasteiger partial charge is 0.222 e.